The van der Waals surface area contributed by atoms with Gasteiger partial charge in [-0.1, -0.05) is 23.7 Å². The first-order valence-electron chi connectivity index (χ1n) is 8.88. The molecule has 5 nitrogen and oxygen atoms in total. The van der Waals surface area contributed by atoms with E-state index in [1.807, 2.05) is 12.1 Å². The number of sulfonamides is 1. The molecule has 1 aromatic heterocycles. The van der Waals surface area contributed by atoms with Gasteiger partial charge in [-0.15, -0.1) is 0 Å². The van der Waals surface area contributed by atoms with Crippen molar-refractivity contribution < 1.29 is 26.0 Å². The van der Waals surface area contributed by atoms with Crippen molar-refractivity contribution in [1.82, 2.24) is 9.29 Å². The molecular weight excluding hydrogens is 429 g/mol. The molecule has 1 saturated heterocycles. The molecule has 0 saturated carbocycles. The zero-order valence-corrected chi connectivity index (χ0v) is 16.6. The number of para-hydroxylation sites is 2. The van der Waals surface area contributed by atoms with Gasteiger partial charge in [-0.05, 0) is 43.2 Å². The van der Waals surface area contributed by atoms with E-state index < -0.39 is 26.7 Å². The Hall–Kier alpha value is -2.10. The van der Waals surface area contributed by atoms with Gasteiger partial charge in [0, 0.05) is 19.0 Å². The number of nitrogens with zero attached hydrogens (tertiary/aromatic N) is 2. The first kappa shape index (κ1) is 20.2. The standard InChI is InChI=1S/C19H16ClF3N2O3S/c20-14-8-7-13(19(21,22)23)10-17(14)29(26,27)25-9-3-4-12(11-25)18-24-15-5-1-2-6-16(15)28-18/h1-2,5-8,10,12H,3-4,9,11H2. The second kappa shape index (κ2) is 7.30. The molecule has 0 N–H and O–H groups in total. The fourth-order valence-electron chi connectivity index (χ4n) is 3.44. The van der Waals surface area contributed by atoms with Gasteiger partial charge in [0.25, 0.3) is 0 Å². The molecule has 1 aliphatic heterocycles. The summed E-state index contributed by atoms with van der Waals surface area (Å²) in [7, 11) is -4.21. The summed E-state index contributed by atoms with van der Waals surface area (Å²) in [4.78, 5) is 3.88. The minimum absolute atomic E-state index is 0.0573. The lowest BCUT2D eigenvalue weighted by atomic mass is 10.00. The van der Waals surface area contributed by atoms with Crippen LogP contribution in [0.3, 0.4) is 0 Å². The van der Waals surface area contributed by atoms with E-state index in [-0.39, 0.29) is 24.0 Å². The van der Waals surface area contributed by atoms with Crippen molar-refractivity contribution in [3.63, 3.8) is 0 Å². The molecule has 0 radical (unpaired) electrons. The van der Waals surface area contributed by atoms with Crippen LogP contribution in [0, 0.1) is 0 Å². The van der Waals surface area contributed by atoms with Crippen molar-refractivity contribution in [2.24, 2.45) is 0 Å². The summed E-state index contributed by atoms with van der Waals surface area (Å²) in [6.45, 7) is 0.243. The first-order chi connectivity index (χ1) is 13.7. The maximum absolute atomic E-state index is 13.1. The summed E-state index contributed by atoms with van der Waals surface area (Å²) in [6, 6.07) is 9.50. The molecule has 0 amide bonds. The first-order valence-corrected chi connectivity index (χ1v) is 10.7. The predicted octanol–water partition coefficient (Wildman–Crippen LogP) is 5.07. The summed E-state index contributed by atoms with van der Waals surface area (Å²) in [5.74, 6) is 0.122. The number of benzene rings is 2. The molecular formula is C19H16ClF3N2O3S. The highest BCUT2D eigenvalue weighted by atomic mass is 35.5. The lowest BCUT2D eigenvalue weighted by Gasteiger charge is -2.30. The lowest BCUT2D eigenvalue weighted by Crippen LogP contribution is -2.39. The summed E-state index contributed by atoms with van der Waals surface area (Å²) >= 11 is 5.95. The van der Waals surface area contributed by atoms with Crippen molar-refractivity contribution >= 4 is 32.7 Å². The Labute approximate surface area is 170 Å². The Kier molecular flexibility index (Phi) is 5.08. The second-order valence-electron chi connectivity index (χ2n) is 6.86. The highest BCUT2D eigenvalue weighted by Gasteiger charge is 2.37. The average Bonchev–Trinajstić information content (AvgIpc) is 3.11. The second-order valence-corrected chi connectivity index (χ2v) is 9.18. The molecule has 10 heteroatoms. The number of piperidine rings is 1. The molecule has 1 unspecified atom stereocenters. The topological polar surface area (TPSA) is 63.4 Å². The van der Waals surface area contributed by atoms with Crippen molar-refractivity contribution in [1.29, 1.82) is 0 Å². The SMILES string of the molecule is O=S(=O)(c1cc(C(F)(F)F)ccc1Cl)N1CCCC(c2nc3ccccc3o2)C1. The monoisotopic (exact) mass is 444 g/mol. The molecule has 0 spiro atoms. The summed E-state index contributed by atoms with van der Waals surface area (Å²) in [6.07, 6.45) is -3.48. The van der Waals surface area contributed by atoms with Gasteiger partial charge in [0.2, 0.25) is 10.0 Å². The molecule has 3 aromatic rings. The number of oxazole rings is 1. The minimum Gasteiger partial charge on any atom is -0.440 e. The van der Waals surface area contributed by atoms with Crippen LogP contribution in [-0.2, 0) is 16.2 Å². The fourth-order valence-corrected chi connectivity index (χ4v) is 5.47. The van der Waals surface area contributed by atoms with Crippen LogP contribution < -0.4 is 0 Å². The van der Waals surface area contributed by atoms with Crippen LogP contribution in [0.25, 0.3) is 11.1 Å². The van der Waals surface area contributed by atoms with Crippen molar-refractivity contribution in [3.8, 4) is 0 Å². The molecule has 1 fully saturated rings. The van der Waals surface area contributed by atoms with Crippen molar-refractivity contribution in [2.75, 3.05) is 13.1 Å². The van der Waals surface area contributed by atoms with Gasteiger partial charge < -0.3 is 4.42 Å². The number of alkyl halides is 3. The minimum atomic E-state index is -4.67. The highest BCUT2D eigenvalue weighted by Crippen LogP contribution is 2.36. The van der Waals surface area contributed by atoms with Crippen LogP contribution in [0.4, 0.5) is 13.2 Å². The molecule has 1 atom stereocenters. The number of hydrogen-bond donors (Lipinski definition) is 0. The van der Waals surface area contributed by atoms with Gasteiger partial charge in [-0.25, -0.2) is 13.4 Å². The predicted molar refractivity (Wildman–Crippen MR) is 101 cm³/mol. The van der Waals surface area contributed by atoms with Gasteiger partial charge in [0.05, 0.1) is 10.6 Å². The van der Waals surface area contributed by atoms with E-state index in [0.717, 1.165) is 16.4 Å². The summed E-state index contributed by atoms with van der Waals surface area (Å²) < 4.78 is 72.2. The Morgan fingerprint density at radius 2 is 1.93 bits per heavy atom. The molecule has 0 bridgehead atoms. The fraction of sp³-hybridized carbons (Fsp3) is 0.316. The third-order valence-electron chi connectivity index (χ3n) is 4.92. The Balaban J connectivity index is 1.65. The highest BCUT2D eigenvalue weighted by molar-refractivity contribution is 7.89. The Bertz CT molecular complexity index is 1130. The van der Waals surface area contributed by atoms with E-state index in [9.17, 15) is 21.6 Å². The van der Waals surface area contributed by atoms with E-state index in [1.165, 1.54) is 0 Å². The van der Waals surface area contributed by atoms with E-state index in [1.54, 1.807) is 12.1 Å². The van der Waals surface area contributed by atoms with Crippen LogP contribution in [0.1, 0.15) is 30.2 Å². The molecule has 4 rings (SSSR count). The maximum Gasteiger partial charge on any atom is 0.416 e. The number of aromatic nitrogens is 1. The summed E-state index contributed by atoms with van der Waals surface area (Å²) in [5, 5.41) is -0.248. The zero-order valence-electron chi connectivity index (χ0n) is 15.0. The number of fused-ring (bicyclic) bond motifs is 1. The third kappa shape index (κ3) is 3.86. The van der Waals surface area contributed by atoms with E-state index in [0.29, 0.717) is 35.9 Å². The number of rotatable bonds is 3. The normalized spacial score (nSPS) is 19.0. The lowest BCUT2D eigenvalue weighted by molar-refractivity contribution is -0.137. The molecule has 154 valence electrons. The third-order valence-corrected chi connectivity index (χ3v) is 7.27. The largest absolute Gasteiger partial charge is 0.440 e. The summed E-state index contributed by atoms with van der Waals surface area (Å²) in [5.41, 5.74) is 0.208. The molecule has 2 aromatic carbocycles. The van der Waals surface area contributed by atoms with Crippen LogP contribution >= 0.6 is 11.6 Å². The van der Waals surface area contributed by atoms with Crippen molar-refractivity contribution in [2.45, 2.75) is 29.8 Å². The van der Waals surface area contributed by atoms with Crippen LogP contribution in [-0.4, -0.2) is 30.8 Å². The van der Waals surface area contributed by atoms with Gasteiger partial charge in [-0.3, -0.25) is 0 Å². The van der Waals surface area contributed by atoms with E-state index in [4.69, 9.17) is 16.0 Å². The quantitative estimate of drug-likeness (QED) is 0.566. The Morgan fingerprint density at radius 1 is 1.17 bits per heavy atom. The van der Waals surface area contributed by atoms with E-state index in [2.05, 4.69) is 4.98 Å². The van der Waals surface area contributed by atoms with Gasteiger partial charge in [0.1, 0.15) is 10.4 Å². The Morgan fingerprint density at radius 3 is 2.66 bits per heavy atom. The average molecular weight is 445 g/mol. The molecule has 2 heterocycles. The number of hydrogen-bond acceptors (Lipinski definition) is 4. The van der Waals surface area contributed by atoms with Gasteiger partial charge in [0.15, 0.2) is 11.5 Å². The van der Waals surface area contributed by atoms with Crippen molar-refractivity contribution in [3.05, 3.63) is 58.9 Å². The maximum atomic E-state index is 13.1. The number of halogens is 4. The smallest absolute Gasteiger partial charge is 0.416 e. The van der Waals surface area contributed by atoms with Crippen LogP contribution in [0.2, 0.25) is 5.02 Å². The van der Waals surface area contributed by atoms with E-state index >= 15 is 0 Å². The zero-order chi connectivity index (χ0) is 20.8. The van der Waals surface area contributed by atoms with Crippen LogP contribution in [0.15, 0.2) is 51.8 Å². The van der Waals surface area contributed by atoms with Gasteiger partial charge in [-0.2, -0.15) is 17.5 Å². The van der Waals surface area contributed by atoms with Crippen LogP contribution in [0.5, 0.6) is 0 Å². The molecule has 0 aliphatic carbocycles. The van der Waals surface area contributed by atoms with Gasteiger partial charge >= 0.3 is 6.18 Å². The molecule has 29 heavy (non-hydrogen) atoms. The molecule has 1 aliphatic rings.